The molecule has 0 spiro atoms. The average molecular weight is 321 g/mol. The molecule has 0 amide bonds. The van der Waals surface area contributed by atoms with E-state index in [2.05, 4.69) is 50.8 Å². The Morgan fingerprint density at radius 1 is 0.955 bits per heavy atom. The maximum absolute atomic E-state index is 4.80. The van der Waals surface area contributed by atoms with Gasteiger partial charge < -0.3 is 26.6 Å². The Bertz CT molecular complexity index is 411. The SMILES string of the molecule is S=CNc1ccc(CC2CNCCNCCNCCN2)cc1. The van der Waals surface area contributed by atoms with Crippen molar-refractivity contribution < 1.29 is 0 Å². The number of benzene rings is 1. The molecule has 1 aliphatic rings. The summed E-state index contributed by atoms with van der Waals surface area (Å²) in [7, 11) is 0. The Hall–Kier alpha value is -1.05. The Kier molecular flexibility index (Phi) is 8.37. The normalized spacial score (nSPS) is 21.4. The van der Waals surface area contributed by atoms with Crippen LogP contribution in [0.15, 0.2) is 24.3 Å². The molecule has 5 nitrogen and oxygen atoms in total. The third-order valence-corrected chi connectivity index (χ3v) is 3.86. The minimum atomic E-state index is 0.450. The fourth-order valence-electron chi connectivity index (χ4n) is 2.55. The van der Waals surface area contributed by atoms with Gasteiger partial charge in [0.25, 0.3) is 0 Å². The van der Waals surface area contributed by atoms with E-state index in [9.17, 15) is 0 Å². The lowest BCUT2D eigenvalue weighted by molar-refractivity contribution is 0.450. The summed E-state index contributed by atoms with van der Waals surface area (Å²) in [6.07, 6.45) is 1.03. The van der Waals surface area contributed by atoms with E-state index in [1.807, 2.05) is 0 Å². The maximum Gasteiger partial charge on any atom is 0.0658 e. The summed E-state index contributed by atoms with van der Waals surface area (Å²) in [5.41, 5.74) is 3.92. The smallest absolute Gasteiger partial charge is 0.0658 e. The van der Waals surface area contributed by atoms with Gasteiger partial charge in [-0.15, -0.1) is 0 Å². The lowest BCUT2D eigenvalue weighted by atomic mass is 10.1. The van der Waals surface area contributed by atoms with E-state index >= 15 is 0 Å². The standard InChI is InChI=1S/C16H27N5S/c22-13-21-15-3-1-14(2-4-15)11-16-12-19-8-7-17-5-6-18-9-10-20-16/h1-4,13,16-20H,5-12H2,(H,21,22). The van der Waals surface area contributed by atoms with Crippen molar-refractivity contribution in [2.75, 3.05) is 51.1 Å². The molecule has 2 rings (SSSR count). The zero-order chi connectivity index (χ0) is 15.5. The number of hydrogen-bond acceptors (Lipinski definition) is 5. The molecule has 122 valence electrons. The van der Waals surface area contributed by atoms with Crippen molar-refractivity contribution in [2.24, 2.45) is 0 Å². The van der Waals surface area contributed by atoms with Crippen molar-refractivity contribution in [3.63, 3.8) is 0 Å². The van der Waals surface area contributed by atoms with E-state index in [-0.39, 0.29) is 0 Å². The van der Waals surface area contributed by atoms with Gasteiger partial charge in [0.1, 0.15) is 0 Å². The molecule has 0 radical (unpaired) electrons. The lowest BCUT2D eigenvalue weighted by Crippen LogP contribution is -2.46. The van der Waals surface area contributed by atoms with Gasteiger partial charge >= 0.3 is 0 Å². The monoisotopic (exact) mass is 321 g/mol. The predicted octanol–water partition coefficient (Wildman–Crippen LogP) is 0.339. The van der Waals surface area contributed by atoms with Gasteiger partial charge in [0.15, 0.2) is 0 Å². The van der Waals surface area contributed by atoms with E-state index in [0.29, 0.717) is 6.04 Å². The summed E-state index contributed by atoms with van der Waals surface area (Å²) < 4.78 is 0. The molecule has 0 aliphatic carbocycles. The van der Waals surface area contributed by atoms with Gasteiger partial charge in [0.05, 0.1) is 5.49 Å². The molecule has 1 aliphatic heterocycles. The molecule has 1 atom stereocenters. The quantitative estimate of drug-likeness (QED) is 0.516. The van der Waals surface area contributed by atoms with Crippen molar-refractivity contribution in [3.8, 4) is 0 Å². The van der Waals surface area contributed by atoms with Crippen LogP contribution in [0.25, 0.3) is 0 Å². The predicted molar refractivity (Wildman–Crippen MR) is 97.8 cm³/mol. The van der Waals surface area contributed by atoms with Crippen LogP contribution in [0.5, 0.6) is 0 Å². The zero-order valence-electron chi connectivity index (χ0n) is 13.0. The molecular weight excluding hydrogens is 294 g/mol. The second-order valence-corrected chi connectivity index (χ2v) is 5.75. The van der Waals surface area contributed by atoms with Crippen LogP contribution in [-0.4, -0.2) is 57.3 Å². The molecule has 0 aromatic heterocycles. The van der Waals surface area contributed by atoms with Crippen LogP contribution in [0.4, 0.5) is 5.69 Å². The van der Waals surface area contributed by atoms with Crippen LogP contribution in [0.1, 0.15) is 5.56 Å². The highest BCUT2D eigenvalue weighted by molar-refractivity contribution is 7.79. The Balaban J connectivity index is 1.84. The molecule has 5 N–H and O–H groups in total. The van der Waals surface area contributed by atoms with Crippen LogP contribution in [0.3, 0.4) is 0 Å². The zero-order valence-corrected chi connectivity index (χ0v) is 13.8. The molecule has 0 saturated carbocycles. The first-order valence-electron chi connectivity index (χ1n) is 8.03. The van der Waals surface area contributed by atoms with Gasteiger partial charge in [-0.2, -0.15) is 0 Å². The lowest BCUT2D eigenvalue weighted by Gasteiger charge is -2.21. The van der Waals surface area contributed by atoms with Crippen molar-refractivity contribution in [2.45, 2.75) is 12.5 Å². The number of nitrogens with one attached hydrogen (secondary N) is 5. The summed E-state index contributed by atoms with van der Waals surface area (Å²) in [6.45, 7) is 7.09. The van der Waals surface area contributed by atoms with Crippen LogP contribution < -0.4 is 26.6 Å². The van der Waals surface area contributed by atoms with E-state index in [1.165, 1.54) is 11.1 Å². The van der Waals surface area contributed by atoms with Gasteiger partial charge in [-0.25, -0.2) is 0 Å². The fraction of sp³-hybridized carbons (Fsp3) is 0.562. The summed E-state index contributed by atoms with van der Waals surface area (Å²) in [5, 5.41) is 17.1. The van der Waals surface area contributed by atoms with E-state index in [0.717, 1.165) is 57.9 Å². The van der Waals surface area contributed by atoms with Crippen LogP contribution >= 0.6 is 12.2 Å². The van der Waals surface area contributed by atoms with Crippen molar-refractivity contribution in [1.82, 2.24) is 21.3 Å². The van der Waals surface area contributed by atoms with Gasteiger partial charge in [0.2, 0.25) is 0 Å². The second kappa shape index (κ2) is 10.6. The highest BCUT2D eigenvalue weighted by Gasteiger charge is 2.09. The average Bonchev–Trinajstić information content (AvgIpc) is 2.52. The van der Waals surface area contributed by atoms with Crippen LogP contribution in [-0.2, 0) is 6.42 Å². The summed E-state index contributed by atoms with van der Waals surface area (Å²) in [4.78, 5) is 0. The van der Waals surface area contributed by atoms with Crippen molar-refractivity contribution in [1.29, 1.82) is 0 Å². The first-order valence-corrected chi connectivity index (χ1v) is 8.50. The van der Waals surface area contributed by atoms with Crippen molar-refractivity contribution in [3.05, 3.63) is 29.8 Å². The second-order valence-electron chi connectivity index (χ2n) is 5.52. The molecule has 1 unspecified atom stereocenters. The largest absolute Gasteiger partial charge is 0.353 e. The van der Waals surface area contributed by atoms with Gasteiger partial charge in [-0.05, 0) is 24.1 Å². The van der Waals surface area contributed by atoms with Gasteiger partial charge in [-0.3, -0.25) is 0 Å². The number of anilines is 1. The molecule has 1 aromatic carbocycles. The van der Waals surface area contributed by atoms with Gasteiger partial charge in [-0.1, -0.05) is 24.4 Å². The highest BCUT2D eigenvalue weighted by Crippen LogP contribution is 2.10. The molecule has 6 heteroatoms. The Morgan fingerprint density at radius 3 is 2.27 bits per heavy atom. The molecule has 0 bridgehead atoms. The van der Waals surface area contributed by atoms with Crippen LogP contribution in [0, 0.1) is 0 Å². The van der Waals surface area contributed by atoms with E-state index < -0.39 is 0 Å². The maximum atomic E-state index is 4.80. The van der Waals surface area contributed by atoms with E-state index in [4.69, 9.17) is 12.2 Å². The summed E-state index contributed by atoms with van der Waals surface area (Å²) >= 11 is 4.80. The minimum absolute atomic E-state index is 0.450. The molecule has 1 aromatic rings. The highest BCUT2D eigenvalue weighted by atomic mass is 32.1. The Morgan fingerprint density at radius 2 is 1.59 bits per heavy atom. The van der Waals surface area contributed by atoms with Crippen molar-refractivity contribution >= 4 is 23.4 Å². The van der Waals surface area contributed by atoms with Gasteiger partial charge in [0, 0.05) is 57.5 Å². The molecular formula is C16H27N5S. The van der Waals surface area contributed by atoms with E-state index in [1.54, 1.807) is 0 Å². The number of thiocarbonyl (C=S) groups is 1. The molecule has 1 fully saturated rings. The summed E-state index contributed by atoms with van der Waals surface area (Å²) in [5.74, 6) is 0. The summed E-state index contributed by atoms with van der Waals surface area (Å²) in [6, 6.07) is 8.93. The number of rotatable bonds is 4. The first kappa shape index (κ1) is 17.3. The third-order valence-electron chi connectivity index (χ3n) is 3.74. The third kappa shape index (κ3) is 6.81. The molecule has 22 heavy (non-hydrogen) atoms. The first-order chi connectivity index (χ1) is 10.9. The topological polar surface area (TPSA) is 60.1 Å². The molecule has 1 heterocycles. The minimum Gasteiger partial charge on any atom is -0.353 e. The Labute approximate surface area is 138 Å². The molecule has 1 saturated heterocycles. The fourth-order valence-corrected chi connectivity index (χ4v) is 2.69. The number of hydrogen-bond donors (Lipinski definition) is 5. The van der Waals surface area contributed by atoms with Crippen LogP contribution in [0.2, 0.25) is 0 Å².